The molecule has 2 atom stereocenters. The molecule has 2 aliphatic rings. The molecule has 4 rings (SSSR count). The first kappa shape index (κ1) is 14.3. The number of anilines is 1. The minimum Gasteiger partial charge on any atom is -0.545 e. The van der Waals surface area contributed by atoms with Gasteiger partial charge in [-0.1, -0.05) is 36.7 Å². The molecule has 116 valence electrons. The molecule has 0 radical (unpaired) electrons. The highest BCUT2D eigenvalue weighted by atomic mass is 35.5. The van der Waals surface area contributed by atoms with Crippen LogP contribution in [-0.4, -0.2) is 11.9 Å². The van der Waals surface area contributed by atoms with Crippen molar-refractivity contribution in [3.8, 4) is 0 Å². The van der Waals surface area contributed by atoms with Crippen molar-refractivity contribution in [2.75, 3.05) is 4.90 Å². The van der Waals surface area contributed by atoms with Gasteiger partial charge in [-0.25, -0.2) is 0 Å². The predicted molar refractivity (Wildman–Crippen MR) is 84.8 cm³/mol. The molecule has 2 aromatic carbocycles. The molecule has 0 saturated carbocycles. The topological polar surface area (TPSA) is 60.4 Å². The summed E-state index contributed by atoms with van der Waals surface area (Å²) in [5.74, 6) is -1.37. The Morgan fingerprint density at radius 3 is 2.78 bits per heavy atom. The fraction of sp³-hybridized carbons (Fsp3) is 0.222. The van der Waals surface area contributed by atoms with Gasteiger partial charge in [-0.3, -0.25) is 4.79 Å². The van der Waals surface area contributed by atoms with E-state index in [0.717, 1.165) is 23.2 Å². The van der Waals surface area contributed by atoms with E-state index in [1.54, 1.807) is 17.0 Å². The van der Waals surface area contributed by atoms with E-state index in [-0.39, 0.29) is 29.0 Å². The Kier molecular flexibility index (Phi) is 3.00. The van der Waals surface area contributed by atoms with Crippen molar-refractivity contribution in [2.45, 2.75) is 25.3 Å². The molecule has 5 heteroatoms. The average Bonchev–Trinajstić information content (AvgIpc) is 2.81. The number of hydrogen-bond acceptors (Lipinski definition) is 3. The first-order chi connectivity index (χ1) is 11.0. The van der Waals surface area contributed by atoms with Gasteiger partial charge in [0.05, 0.1) is 17.6 Å². The average molecular weight is 327 g/mol. The van der Waals surface area contributed by atoms with Gasteiger partial charge in [0.25, 0.3) is 5.91 Å². The van der Waals surface area contributed by atoms with E-state index >= 15 is 0 Å². The summed E-state index contributed by atoms with van der Waals surface area (Å²) in [4.78, 5) is 26.0. The lowest BCUT2D eigenvalue weighted by Gasteiger charge is -2.36. The van der Waals surface area contributed by atoms with Crippen LogP contribution in [0.4, 0.5) is 5.69 Å². The summed E-state index contributed by atoms with van der Waals surface area (Å²) >= 11 is 6.09. The third-order valence-corrected chi connectivity index (χ3v) is 5.01. The van der Waals surface area contributed by atoms with E-state index in [1.807, 2.05) is 18.2 Å². The molecule has 0 saturated heterocycles. The molecule has 2 aromatic rings. The molecule has 4 nitrogen and oxygen atoms in total. The number of halogens is 1. The van der Waals surface area contributed by atoms with Crippen molar-refractivity contribution in [1.29, 1.82) is 0 Å². The number of carbonyl (C=O) groups excluding carboxylic acids is 2. The van der Waals surface area contributed by atoms with Crippen LogP contribution in [0.3, 0.4) is 0 Å². The SMILES string of the molecule is C[C@@H]1C[C@@H]2c3cccc(C(=O)[O-])c3C(=O)N2c2ccc(Cl)cc21. The maximum Gasteiger partial charge on any atom is 0.259 e. The third kappa shape index (κ3) is 1.91. The fourth-order valence-electron chi connectivity index (χ4n) is 3.77. The third-order valence-electron chi connectivity index (χ3n) is 4.78. The zero-order valence-electron chi connectivity index (χ0n) is 12.4. The van der Waals surface area contributed by atoms with Gasteiger partial charge >= 0.3 is 0 Å². The molecular weight excluding hydrogens is 314 g/mol. The van der Waals surface area contributed by atoms with Crippen molar-refractivity contribution in [3.63, 3.8) is 0 Å². The molecule has 0 N–H and O–H groups in total. The number of fused-ring (bicyclic) bond motifs is 5. The van der Waals surface area contributed by atoms with Crippen LogP contribution in [0.15, 0.2) is 36.4 Å². The van der Waals surface area contributed by atoms with Crippen LogP contribution < -0.4 is 10.0 Å². The first-order valence-electron chi connectivity index (χ1n) is 7.46. The second-order valence-electron chi connectivity index (χ2n) is 6.09. The molecule has 0 aromatic heterocycles. The number of carboxylic acids is 1. The number of carbonyl (C=O) groups is 2. The Bertz CT molecular complexity index is 861. The van der Waals surface area contributed by atoms with Crippen molar-refractivity contribution >= 4 is 29.2 Å². The van der Waals surface area contributed by atoms with Gasteiger partial charge < -0.3 is 14.8 Å². The number of hydrogen-bond donors (Lipinski definition) is 0. The van der Waals surface area contributed by atoms with Crippen LogP contribution in [-0.2, 0) is 0 Å². The highest BCUT2D eigenvalue weighted by Gasteiger charge is 2.43. The minimum atomic E-state index is -1.32. The van der Waals surface area contributed by atoms with Crippen molar-refractivity contribution < 1.29 is 14.7 Å². The smallest absolute Gasteiger partial charge is 0.259 e. The van der Waals surface area contributed by atoms with E-state index in [0.29, 0.717) is 5.02 Å². The maximum atomic E-state index is 12.9. The summed E-state index contributed by atoms with van der Waals surface area (Å²) in [5.41, 5.74) is 2.82. The van der Waals surface area contributed by atoms with Crippen LogP contribution in [0.1, 0.15) is 57.1 Å². The van der Waals surface area contributed by atoms with E-state index in [9.17, 15) is 14.7 Å². The number of benzene rings is 2. The lowest BCUT2D eigenvalue weighted by molar-refractivity contribution is -0.255. The predicted octanol–water partition coefficient (Wildman–Crippen LogP) is 2.91. The largest absolute Gasteiger partial charge is 0.545 e. The molecule has 23 heavy (non-hydrogen) atoms. The number of carboxylic acid groups (broad SMARTS) is 1. The number of amides is 1. The summed E-state index contributed by atoms with van der Waals surface area (Å²) in [6, 6.07) is 10.3. The number of aromatic carboxylic acids is 1. The van der Waals surface area contributed by atoms with Gasteiger partial charge in [-0.05, 0) is 41.7 Å². The van der Waals surface area contributed by atoms with Crippen LogP contribution in [0, 0.1) is 0 Å². The van der Waals surface area contributed by atoms with Gasteiger partial charge in [-0.2, -0.15) is 0 Å². The number of rotatable bonds is 1. The van der Waals surface area contributed by atoms with Crippen molar-refractivity contribution in [3.05, 3.63) is 63.7 Å². The maximum absolute atomic E-state index is 12.9. The lowest BCUT2D eigenvalue weighted by Crippen LogP contribution is -2.33. The summed E-state index contributed by atoms with van der Waals surface area (Å²) < 4.78 is 0. The molecule has 0 fully saturated rings. The fourth-order valence-corrected chi connectivity index (χ4v) is 3.95. The highest BCUT2D eigenvalue weighted by Crippen LogP contribution is 2.50. The molecule has 0 unspecified atom stereocenters. The van der Waals surface area contributed by atoms with Crippen LogP contribution in [0.2, 0.25) is 5.02 Å². The zero-order valence-corrected chi connectivity index (χ0v) is 13.1. The molecular formula is C18H13ClNO3-. The van der Waals surface area contributed by atoms with Gasteiger partial charge in [0.15, 0.2) is 0 Å². The lowest BCUT2D eigenvalue weighted by atomic mass is 9.85. The van der Waals surface area contributed by atoms with Crippen molar-refractivity contribution in [1.82, 2.24) is 0 Å². The first-order valence-corrected chi connectivity index (χ1v) is 7.84. The van der Waals surface area contributed by atoms with Gasteiger partial charge in [0.1, 0.15) is 0 Å². The quantitative estimate of drug-likeness (QED) is 0.809. The molecule has 0 spiro atoms. The summed E-state index contributed by atoms with van der Waals surface area (Å²) in [6.07, 6.45) is 0.739. The Balaban J connectivity index is 1.94. The minimum absolute atomic E-state index is 0.0370. The van der Waals surface area contributed by atoms with Gasteiger partial charge in [0.2, 0.25) is 0 Å². The second-order valence-corrected chi connectivity index (χ2v) is 6.52. The number of nitrogens with zero attached hydrogens (tertiary/aromatic N) is 1. The zero-order chi connectivity index (χ0) is 16.3. The monoisotopic (exact) mass is 326 g/mol. The van der Waals surface area contributed by atoms with E-state index in [2.05, 4.69) is 6.92 Å². The van der Waals surface area contributed by atoms with E-state index in [4.69, 9.17) is 11.6 Å². The normalized spacial score (nSPS) is 21.7. The Morgan fingerprint density at radius 1 is 1.26 bits per heavy atom. The molecule has 2 aliphatic heterocycles. The van der Waals surface area contributed by atoms with Crippen LogP contribution in [0.25, 0.3) is 0 Å². The molecule has 0 bridgehead atoms. The standard InChI is InChI=1S/C18H14ClNO3/c1-9-7-15-11-3-2-4-12(18(22)23)16(11)17(21)20(15)14-6-5-10(19)8-13(9)14/h2-6,8-9,15H,7H2,1H3,(H,22,23)/p-1/t9-,15-/m1/s1. The van der Waals surface area contributed by atoms with Crippen molar-refractivity contribution in [2.24, 2.45) is 0 Å². The van der Waals surface area contributed by atoms with Gasteiger partial charge in [-0.15, -0.1) is 0 Å². The second kappa shape index (κ2) is 4.83. The Hall–Kier alpha value is -2.33. The summed E-state index contributed by atoms with van der Waals surface area (Å²) in [5, 5.41) is 12.0. The highest BCUT2D eigenvalue weighted by molar-refractivity contribution is 6.30. The molecule has 0 aliphatic carbocycles. The van der Waals surface area contributed by atoms with Crippen LogP contribution >= 0.6 is 11.6 Å². The molecule has 2 heterocycles. The summed E-state index contributed by atoms with van der Waals surface area (Å²) in [6.45, 7) is 2.09. The Morgan fingerprint density at radius 2 is 2.04 bits per heavy atom. The van der Waals surface area contributed by atoms with Crippen LogP contribution in [0.5, 0.6) is 0 Å². The molecule has 1 amide bonds. The Labute approximate surface area is 138 Å². The van der Waals surface area contributed by atoms with Gasteiger partial charge in [0, 0.05) is 16.3 Å². The summed E-state index contributed by atoms with van der Waals surface area (Å²) in [7, 11) is 0. The van der Waals surface area contributed by atoms with E-state index < -0.39 is 5.97 Å². The van der Waals surface area contributed by atoms with E-state index in [1.165, 1.54) is 6.07 Å².